The van der Waals surface area contributed by atoms with Crippen LogP contribution in [-0.4, -0.2) is 46.8 Å². The molecular formula is C13H12ClN5O4. The second kappa shape index (κ2) is 7.36. The molecule has 0 radical (unpaired) electrons. The summed E-state index contributed by atoms with van der Waals surface area (Å²) in [4.78, 5) is 23.2. The van der Waals surface area contributed by atoms with Gasteiger partial charge in [-0.3, -0.25) is 0 Å². The Bertz CT molecular complexity index is 745. The van der Waals surface area contributed by atoms with Crippen molar-refractivity contribution in [1.82, 2.24) is 20.6 Å². The molecule has 9 nitrogen and oxygen atoms in total. The molecule has 2 aromatic rings. The summed E-state index contributed by atoms with van der Waals surface area (Å²) in [7, 11) is 2.38. The Morgan fingerprint density at radius 3 is 2.70 bits per heavy atom. The molecule has 2 N–H and O–H groups in total. The maximum absolute atomic E-state index is 11.8. The van der Waals surface area contributed by atoms with Gasteiger partial charge >= 0.3 is 11.9 Å². The van der Waals surface area contributed by atoms with E-state index in [1.807, 2.05) is 0 Å². The molecule has 1 aromatic carbocycles. The van der Waals surface area contributed by atoms with Crippen molar-refractivity contribution < 1.29 is 19.1 Å². The molecule has 1 heterocycles. The SMILES string of the molecule is COC(=O)/C=C(/Nc1cc(Cl)ccc1-c1nn[nH]n1)C(=O)OC. The van der Waals surface area contributed by atoms with E-state index in [2.05, 4.69) is 35.4 Å². The fraction of sp³-hybridized carbons (Fsp3) is 0.154. The van der Waals surface area contributed by atoms with Gasteiger partial charge in [-0.15, -0.1) is 10.2 Å². The highest BCUT2D eigenvalue weighted by atomic mass is 35.5. The van der Waals surface area contributed by atoms with Gasteiger partial charge < -0.3 is 14.8 Å². The van der Waals surface area contributed by atoms with Crippen LogP contribution in [0.25, 0.3) is 11.4 Å². The first kappa shape index (κ1) is 16.4. The van der Waals surface area contributed by atoms with E-state index < -0.39 is 11.9 Å². The van der Waals surface area contributed by atoms with Gasteiger partial charge in [-0.1, -0.05) is 11.6 Å². The number of rotatable bonds is 5. The van der Waals surface area contributed by atoms with Crippen LogP contribution in [0.4, 0.5) is 5.69 Å². The lowest BCUT2D eigenvalue weighted by Crippen LogP contribution is -2.16. The van der Waals surface area contributed by atoms with Crippen molar-refractivity contribution in [2.45, 2.75) is 0 Å². The number of methoxy groups -OCH3 is 2. The molecule has 0 aliphatic rings. The molecule has 0 bridgehead atoms. The highest BCUT2D eigenvalue weighted by Gasteiger charge is 2.17. The molecule has 0 atom stereocenters. The number of H-pyrrole nitrogens is 1. The molecule has 0 saturated carbocycles. The normalized spacial score (nSPS) is 11.0. The van der Waals surface area contributed by atoms with Gasteiger partial charge in [-0.05, 0) is 23.4 Å². The van der Waals surface area contributed by atoms with Crippen LogP contribution in [0.2, 0.25) is 5.02 Å². The summed E-state index contributed by atoms with van der Waals surface area (Å²) in [5, 5.41) is 16.7. The van der Waals surface area contributed by atoms with Crippen molar-refractivity contribution in [2.24, 2.45) is 0 Å². The molecular weight excluding hydrogens is 326 g/mol. The van der Waals surface area contributed by atoms with Crippen LogP contribution in [0.5, 0.6) is 0 Å². The minimum Gasteiger partial charge on any atom is -0.466 e. The van der Waals surface area contributed by atoms with Crippen LogP contribution in [0.1, 0.15) is 0 Å². The smallest absolute Gasteiger partial charge is 0.354 e. The summed E-state index contributed by atoms with van der Waals surface area (Å²) >= 11 is 5.98. The Balaban J connectivity index is 2.44. The number of anilines is 1. The van der Waals surface area contributed by atoms with Crippen molar-refractivity contribution in [2.75, 3.05) is 19.5 Å². The van der Waals surface area contributed by atoms with E-state index in [0.29, 0.717) is 16.3 Å². The molecule has 1 aromatic heterocycles. The maximum atomic E-state index is 11.8. The summed E-state index contributed by atoms with van der Waals surface area (Å²) in [5.74, 6) is -1.19. The average Bonchev–Trinajstić information content (AvgIpc) is 3.07. The molecule has 10 heteroatoms. The first-order valence-corrected chi connectivity index (χ1v) is 6.61. The summed E-state index contributed by atoms with van der Waals surface area (Å²) in [5.41, 5.74) is 0.772. The summed E-state index contributed by atoms with van der Waals surface area (Å²) in [6, 6.07) is 4.81. The highest BCUT2D eigenvalue weighted by Crippen LogP contribution is 2.29. The number of carbonyl (C=O) groups excluding carboxylic acids is 2. The number of ether oxygens (including phenoxy) is 2. The molecule has 0 fully saturated rings. The molecule has 0 saturated heterocycles. The first-order chi connectivity index (χ1) is 11.0. The zero-order valence-corrected chi connectivity index (χ0v) is 12.9. The summed E-state index contributed by atoms with van der Waals surface area (Å²) in [6.07, 6.45) is 0.965. The number of esters is 2. The number of tetrazole rings is 1. The van der Waals surface area contributed by atoms with Crippen LogP contribution in [0.3, 0.4) is 0 Å². The third kappa shape index (κ3) is 4.04. The molecule has 2 rings (SSSR count). The number of nitrogens with one attached hydrogen (secondary N) is 2. The molecule has 0 aliphatic heterocycles. The van der Waals surface area contributed by atoms with E-state index in [-0.39, 0.29) is 11.5 Å². The van der Waals surface area contributed by atoms with Crippen LogP contribution < -0.4 is 5.32 Å². The van der Waals surface area contributed by atoms with Crippen molar-refractivity contribution in [1.29, 1.82) is 0 Å². The summed E-state index contributed by atoms with van der Waals surface area (Å²) in [6.45, 7) is 0. The minimum atomic E-state index is -0.755. The quantitative estimate of drug-likeness (QED) is 0.616. The van der Waals surface area contributed by atoms with Crippen LogP contribution in [-0.2, 0) is 19.1 Å². The molecule has 120 valence electrons. The van der Waals surface area contributed by atoms with E-state index in [1.54, 1.807) is 18.2 Å². The first-order valence-electron chi connectivity index (χ1n) is 6.23. The lowest BCUT2D eigenvalue weighted by molar-refractivity contribution is -0.138. The number of hydrogen-bond acceptors (Lipinski definition) is 8. The number of hydrogen-bond donors (Lipinski definition) is 2. The van der Waals surface area contributed by atoms with Gasteiger partial charge in [-0.2, -0.15) is 5.21 Å². The predicted octanol–water partition coefficient (Wildman–Crippen LogP) is 1.16. The number of aromatic amines is 1. The Labute approximate surface area is 135 Å². The number of aromatic nitrogens is 4. The van der Waals surface area contributed by atoms with Gasteiger partial charge in [0.05, 0.1) is 26.0 Å². The molecule has 0 spiro atoms. The second-order valence-electron chi connectivity index (χ2n) is 4.12. The second-order valence-corrected chi connectivity index (χ2v) is 4.56. The maximum Gasteiger partial charge on any atom is 0.354 e. The fourth-order valence-electron chi connectivity index (χ4n) is 1.67. The van der Waals surface area contributed by atoms with Gasteiger partial charge in [0, 0.05) is 10.6 Å². The van der Waals surface area contributed by atoms with Crippen LogP contribution >= 0.6 is 11.6 Å². The number of nitrogens with zero attached hydrogens (tertiary/aromatic N) is 3. The Morgan fingerprint density at radius 1 is 1.30 bits per heavy atom. The topological polar surface area (TPSA) is 119 Å². The fourth-order valence-corrected chi connectivity index (χ4v) is 1.84. The highest BCUT2D eigenvalue weighted by molar-refractivity contribution is 6.31. The molecule has 23 heavy (non-hydrogen) atoms. The number of carbonyl (C=O) groups is 2. The third-order valence-electron chi connectivity index (χ3n) is 2.71. The molecule has 0 unspecified atom stereocenters. The van der Waals surface area contributed by atoms with Gasteiger partial charge in [0.2, 0.25) is 5.82 Å². The lowest BCUT2D eigenvalue weighted by atomic mass is 10.1. The van der Waals surface area contributed by atoms with Crippen molar-refractivity contribution in [3.05, 3.63) is 35.0 Å². The monoisotopic (exact) mass is 337 g/mol. The Kier molecular flexibility index (Phi) is 5.26. The minimum absolute atomic E-state index is 0.133. The van der Waals surface area contributed by atoms with Crippen LogP contribution in [0, 0.1) is 0 Å². The van der Waals surface area contributed by atoms with Gasteiger partial charge in [0.15, 0.2) is 0 Å². The number of benzene rings is 1. The van der Waals surface area contributed by atoms with E-state index in [9.17, 15) is 9.59 Å². The largest absolute Gasteiger partial charge is 0.466 e. The predicted molar refractivity (Wildman–Crippen MR) is 80.4 cm³/mol. The van der Waals surface area contributed by atoms with E-state index in [1.165, 1.54) is 14.2 Å². The molecule has 0 aliphatic carbocycles. The molecule has 0 amide bonds. The van der Waals surface area contributed by atoms with Gasteiger partial charge in [0.25, 0.3) is 0 Å². The van der Waals surface area contributed by atoms with Crippen molar-refractivity contribution in [3.8, 4) is 11.4 Å². The van der Waals surface area contributed by atoms with E-state index >= 15 is 0 Å². The van der Waals surface area contributed by atoms with Crippen LogP contribution in [0.15, 0.2) is 30.0 Å². The zero-order chi connectivity index (χ0) is 16.8. The van der Waals surface area contributed by atoms with E-state index in [0.717, 1.165) is 6.08 Å². The van der Waals surface area contributed by atoms with Crippen molar-refractivity contribution >= 4 is 29.2 Å². The Morgan fingerprint density at radius 2 is 2.09 bits per heavy atom. The zero-order valence-electron chi connectivity index (χ0n) is 12.2. The lowest BCUT2D eigenvalue weighted by Gasteiger charge is -2.12. The Hall–Kier alpha value is -2.94. The number of halogens is 1. The van der Waals surface area contributed by atoms with Gasteiger partial charge in [-0.25, -0.2) is 9.59 Å². The summed E-state index contributed by atoms with van der Waals surface area (Å²) < 4.78 is 9.14. The standard InChI is InChI=1S/C13H12ClN5O4/c1-22-11(20)6-10(13(21)23-2)15-9-5-7(14)3-4-8(9)12-16-18-19-17-12/h3-6,15H,1-2H3,(H,16,17,18,19)/b10-6+. The average molecular weight is 338 g/mol. The third-order valence-corrected chi connectivity index (χ3v) is 2.94. The van der Waals surface area contributed by atoms with Gasteiger partial charge in [0.1, 0.15) is 5.70 Å². The van der Waals surface area contributed by atoms with Crippen molar-refractivity contribution in [3.63, 3.8) is 0 Å². The van der Waals surface area contributed by atoms with E-state index in [4.69, 9.17) is 11.6 Å².